The van der Waals surface area contributed by atoms with E-state index in [-0.39, 0.29) is 17.0 Å². The van der Waals surface area contributed by atoms with Crippen LogP contribution in [0.3, 0.4) is 0 Å². The number of carbonyl (C=O) groups excluding carboxylic acids is 2. The molecular weight excluding hydrogens is 824 g/mol. The number of halogens is 1. The van der Waals surface area contributed by atoms with Crippen LogP contribution in [0.15, 0.2) is 122 Å². The Hall–Kier alpha value is -6.75. The summed E-state index contributed by atoms with van der Waals surface area (Å²) in [7, 11) is 3.10. The predicted molar refractivity (Wildman–Crippen MR) is 237 cm³/mol. The van der Waals surface area contributed by atoms with Crippen molar-refractivity contribution in [3.05, 3.63) is 144 Å². The average molecular weight is 877 g/mol. The van der Waals surface area contributed by atoms with Crippen LogP contribution >= 0.6 is 0 Å². The number of methoxy groups -OCH3 is 2. The van der Waals surface area contributed by atoms with Crippen molar-refractivity contribution in [1.29, 1.82) is 0 Å². The average Bonchev–Trinajstić information content (AvgIpc) is 3.90. The number of anilines is 1. The molecule has 2 aromatic heterocycles. The molecule has 64 heavy (non-hydrogen) atoms. The van der Waals surface area contributed by atoms with Crippen LogP contribution in [0, 0.1) is 0 Å². The minimum atomic E-state index is -1.94. The van der Waals surface area contributed by atoms with Crippen molar-refractivity contribution in [2.24, 2.45) is 0 Å². The number of alkyl halides is 1. The molecule has 0 unspecified atom stereocenters. The molecule has 16 heteroatoms. The summed E-state index contributed by atoms with van der Waals surface area (Å²) in [6.07, 6.45) is -4.33. The maximum Gasteiger partial charge on any atom is 0.306 e. The van der Waals surface area contributed by atoms with E-state index in [0.29, 0.717) is 33.8 Å². The largest absolute Gasteiger partial charge is 0.497 e. The number of carboxylic acid groups (broad SMARTS) is 1. The number of benzene rings is 4. The molecule has 0 aliphatic carbocycles. The summed E-state index contributed by atoms with van der Waals surface area (Å²) in [4.78, 5) is 52.3. The molecule has 2 N–H and O–H groups in total. The van der Waals surface area contributed by atoms with Crippen molar-refractivity contribution >= 4 is 34.8 Å². The van der Waals surface area contributed by atoms with Gasteiger partial charge in [-0.3, -0.25) is 19.0 Å². The van der Waals surface area contributed by atoms with E-state index in [4.69, 9.17) is 28.8 Å². The summed E-state index contributed by atoms with van der Waals surface area (Å²) in [5.41, 5.74) is 1.11. The molecule has 7 rings (SSSR count). The molecule has 0 bridgehead atoms. The van der Waals surface area contributed by atoms with Crippen LogP contribution in [0.25, 0.3) is 11.2 Å². The van der Waals surface area contributed by atoms with E-state index >= 15 is 4.39 Å². The number of hydrogen-bond acceptors (Lipinski definition) is 12. The Bertz CT molecular complexity index is 2380. The number of carboxylic acids is 1. The van der Waals surface area contributed by atoms with Gasteiger partial charge in [-0.2, -0.15) is 0 Å². The van der Waals surface area contributed by atoms with Gasteiger partial charge in [0.25, 0.3) is 5.91 Å². The molecule has 15 nitrogen and oxygen atoms in total. The van der Waals surface area contributed by atoms with E-state index < -0.39 is 67.5 Å². The Morgan fingerprint density at radius 2 is 1.34 bits per heavy atom. The minimum absolute atomic E-state index is 0.0971. The van der Waals surface area contributed by atoms with Crippen LogP contribution in [-0.2, 0) is 29.4 Å². The first kappa shape index (κ1) is 46.7. The second kappa shape index (κ2) is 22.0. The summed E-state index contributed by atoms with van der Waals surface area (Å²) >= 11 is 0. The molecule has 1 fully saturated rings. The van der Waals surface area contributed by atoms with E-state index in [1.807, 2.05) is 54.6 Å². The van der Waals surface area contributed by atoms with Gasteiger partial charge in [0.1, 0.15) is 42.2 Å². The zero-order valence-corrected chi connectivity index (χ0v) is 36.4. The van der Waals surface area contributed by atoms with Crippen molar-refractivity contribution in [2.75, 3.05) is 45.8 Å². The van der Waals surface area contributed by atoms with Gasteiger partial charge in [-0.1, -0.05) is 93.6 Å². The lowest BCUT2D eigenvalue weighted by Crippen LogP contribution is -2.44. The fourth-order valence-corrected chi connectivity index (χ4v) is 7.45. The number of esters is 1. The molecule has 0 radical (unpaired) electrons. The molecule has 4 aromatic carbocycles. The standard InChI is InChI=1S/C42H38FN5O9.C6H15N/c1-53-30-17-13-28(14-18-30)42(27-11-7-4-8-12-27,29-15-19-31(54-2)20-16-29)57-37-32(23-55-34(51)22-21-33(49)50)56-41(35(37)43)48-25-46-36-38(44-24-45-39(36)48)47-40(52)26-9-5-3-6-10-26;1-4-7(5-2)6-3/h3-20,24-25,32,35,37,41H,21-23H2,1-2H3,(H,49,50)(H,44,45,47,52);4-6H2,1-3H3/t32-,35-,37-,41-;/m1./s1. The van der Waals surface area contributed by atoms with Crippen LogP contribution in [0.2, 0.25) is 0 Å². The van der Waals surface area contributed by atoms with Crippen LogP contribution in [0.1, 0.15) is 66.9 Å². The smallest absolute Gasteiger partial charge is 0.306 e. The van der Waals surface area contributed by atoms with Crippen LogP contribution < -0.4 is 14.8 Å². The summed E-state index contributed by atoms with van der Waals surface area (Å²) in [6.45, 7) is 9.65. The van der Waals surface area contributed by atoms with Gasteiger partial charge in [0.05, 0.1) is 33.4 Å². The lowest BCUT2D eigenvalue weighted by atomic mass is 9.79. The van der Waals surface area contributed by atoms with Crippen molar-refractivity contribution in [2.45, 2.75) is 63.8 Å². The Labute approximate surface area is 371 Å². The maximum absolute atomic E-state index is 17.5. The molecule has 4 atom stereocenters. The highest BCUT2D eigenvalue weighted by Crippen LogP contribution is 2.47. The lowest BCUT2D eigenvalue weighted by molar-refractivity contribution is -0.156. The Morgan fingerprint density at radius 1 is 0.781 bits per heavy atom. The molecule has 1 aliphatic heterocycles. The lowest BCUT2D eigenvalue weighted by Gasteiger charge is -2.39. The van der Waals surface area contributed by atoms with Crippen molar-refractivity contribution in [1.82, 2.24) is 24.4 Å². The quantitative estimate of drug-likeness (QED) is 0.0643. The summed E-state index contributed by atoms with van der Waals surface area (Å²) in [5, 5.41) is 11.9. The van der Waals surface area contributed by atoms with Crippen molar-refractivity contribution in [3.63, 3.8) is 0 Å². The third kappa shape index (κ3) is 10.7. The number of carbonyl (C=O) groups is 3. The molecule has 1 amide bonds. The van der Waals surface area contributed by atoms with Crippen molar-refractivity contribution < 1.29 is 47.6 Å². The van der Waals surface area contributed by atoms with E-state index in [2.05, 4.69) is 45.9 Å². The number of aromatic nitrogens is 4. The fraction of sp³-hybridized carbons (Fsp3) is 0.333. The summed E-state index contributed by atoms with van der Waals surface area (Å²) < 4.78 is 48.8. The van der Waals surface area contributed by atoms with Crippen LogP contribution in [0.5, 0.6) is 11.5 Å². The second-order valence-corrected chi connectivity index (χ2v) is 14.7. The zero-order chi connectivity index (χ0) is 45.6. The fourth-order valence-electron chi connectivity index (χ4n) is 7.45. The number of rotatable bonds is 18. The minimum Gasteiger partial charge on any atom is -0.497 e. The molecule has 0 saturated carbocycles. The van der Waals surface area contributed by atoms with Crippen molar-refractivity contribution in [3.8, 4) is 11.5 Å². The van der Waals surface area contributed by atoms with Crippen LogP contribution in [-0.4, -0.2) is 106 Å². The highest BCUT2D eigenvalue weighted by Gasteiger charge is 2.53. The number of nitrogens with zero attached hydrogens (tertiary/aromatic N) is 5. The van der Waals surface area contributed by atoms with Gasteiger partial charge >= 0.3 is 11.9 Å². The first-order chi connectivity index (χ1) is 31.1. The number of hydrogen-bond donors (Lipinski definition) is 2. The summed E-state index contributed by atoms with van der Waals surface area (Å²) in [5.74, 6) is -1.14. The molecule has 1 aliphatic rings. The van der Waals surface area contributed by atoms with Gasteiger partial charge in [0, 0.05) is 5.56 Å². The number of ether oxygens (including phenoxy) is 5. The first-order valence-corrected chi connectivity index (χ1v) is 21.0. The third-order valence-corrected chi connectivity index (χ3v) is 10.9. The van der Waals surface area contributed by atoms with E-state index in [1.54, 1.807) is 68.8 Å². The second-order valence-electron chi connectivity index (χ2n) is 14.7. The Morgan fingerprint density at radius 3 is 1.88 bits per heavy atom. The van der Waals surface area contributed by atoms with Gasteiger partial charge in [-0.05, 0) is 72.7 Å². The predicted octanol–water partition coefficient (Wildman–Crippen LogP) is 7.46. The number of nitrogens with one attached hydrogen (secondary N) is 1. The van der Waals surface area contributed by atoms with Crippen LogP contribution in [0.4, 0.5) is 10.2 Å². The van der Waals surface area contributed by atoms with Gasteiger partial charge < -0.3 is 39.0 Å². The monoisotopic (exact) mass is 876 g/mol. The molecule has 0 spiro atoms. The summed E-state index contributed by atoms with van der Waals surface area (Å²) in [6, 6.07) is 32.2. The van der Waals surface area contributed by atoms with E-state index in [0.717, 1.165) is 0 Å². The molecule has 336 valence electrons. The normalized spacial score (nSPS) is 17.0. The SMILES string of the molecule is CCN(CC)CC.COc1ccc(C(O[C@H]2[C@@H](F)[C@H](n3cnc4c(NC(=O)c5ccccc5)ncnc43)O[C@@H]2COC(=O)CCC(=O)O)(c2ccccc2)c2ccc(OC)cc2)cc1. The maximum atomic E-state index is 17.5. The number of aliphatic carboxylic acids is 1. The molecule has 3 heterocycles. The number of fused-ring (bicyclic) bond motifs is 1. The highest BCUT2D eigenvalue weighted by atomic mass is 19.1. The van der Waals surface area contributed by atoms with E-state index in [9.17, 15) is 14.4 Å². The highest BCUT2D eigenvalue weighted by molar-refractivity contribution is 6.06. The molecule has 6 aromatic rings. The third-order valence-electron chi connectivity index (χ3n) is 10.9. The number of imidazole rings is 1. The number of amides is 1. The van der Waals surface area contributed by atoms with Gasteiger partial charge in [-0.15, -0.1) is 0 Å². The Kier molecular flexibility index (Phi) is 16.1. The Balaban J connectivity index is 0.000000898. The molecule has 1 saturated heterocycles. The van der Waals surface area contributed by atoms with Gasteiger partial charge in [0.15, 0.2) is 29.4 Å². The zero-order valence-electron chi connectivity index (χ0n) is 36.4. The molecular formula is C48H53FN6O9. The van der Waals surface area contributed by atoms with Gasteiger partial charge in [-0.25, -0.2) is 19.3 Å². The van der Waals surface area contributed by atoms with Gasteiger partial charge in [0.2, 0.25) is 0 Å². The first-order valence-electron chi connectivity index (χ1n) is 21.0. The van der Waals surface area contributed by atoms with E-state index in [1.165, 1.54) is 36.9 Å². The topological polar surface area (TPSA) is 176 Å².